The van der Waals surface area contributed by atoms with Crippen molar-refractivity contribution in [1.82, 2.24) is 0 Å². The summed E-state index contributed by atoms with van der Waals surface area (Å²) in [6.07, 6.45) is -0.292. The maximum absolute atomic E-state index is 11.9. The van der Waals surface area contributed by atoms with Crippen molar-refractivity contribution in [2.45, 2.75) is 25.9 Å². The van der Waals surface area contributed by atoms with Gasteiger partial charge in [0, 0.05) is 11.7 Å². The summed E-state index contributed by atoms with van der Waals surface area (Å²) in [5.74, 6) is 1.39. The highest BCUT2D eigenvalue weighted by Crippen LogP contribution is 2.31. The van der Waals surface area contributed by atoms with Crippen LogP contribution in [0.4, 0.5) is 0 Å². The molecular formula is C15H19NO4S. The van der Waals surface area contributed by atoms with Crippen molar-refractivity contribution >= 4 is 23.4 Å². The zero-order valence-electron chi connectivity index (χ0n) is 12.3. The number of aromatic hydroxyl groups is 1. The number of benzene rings is 1. The maximum Gasteiger partial charge on any atom is 0.353 e. The quantitative estimate of drug-likeness (QED) is 0.847. The number of carbonyl (C=O) groups excluding carboxylic acids is 1. The van der Waals surface area contributed by atoms with Gasteiger partial charge in [-0.05, 0) is 24.6 Å². The highest BCUT2D eigenvalue weighted by Gasteiger charge is 2.23. The van der Waals surface area contributed by atoms with Crippen LogP contribution in [0.3, 0.4) is 0 Å². The average Bonchev–Trinajstić information content (AvgIpc) is 3.01. The molecule has 0 aliphatic carbocycles. The second-order valence-corrected chi connectivity index (χ2v) is 5.87. The van der Waals surface area contributed by atoms with Crippen LogP contribution < -0.4 is 4.74 Å². The fourth-order valence-electron chi connectivity index (χ4n) is 2.02. The molecule has 2 atom stereocenters. The number of carbonyl (C=O) groups is 1. The van der Waals surface area contributed by atoms with Crippen LogP contribution in [0.5, 0.6) is 11.5 Å². The van der Waals surface area contributed by atoms with Crippen LogP contribution in [0.1, 0.15) is 25.3 Å². The Kier molecular flexibility index (Phi) is 5.12. The molecule has 0 bridgehead atoms. The molecule has 0 radical (unpaired) electrons. The second-order valence-electron chi connectivity index (χ2n) is 4.91. The normalized spacial score (nSPS) is 17.0. The van der Waals surface area contributed by atoms with E-state index in [0.29, 0.717) is 23.1 Å². The van der Waals surface area contributed by atoms with Crippen LogP contribution in [0.25, 0.3) is 0 Å². The van der Waals surface area contributed by atoms with E-state index in [2.05, 4.69) is 4.99 Å². The third kappa shape index (κ3) is 3.69. The van der Waals surface area contributed by atoms with E-state index in [4.69, 9.17) is 9.47 Å². The Labute approximate surface area is 128 Å². The third-order valence-electron chi connectivity index (χ3n) is 3.55. The van der Waals surface area contributed by atoms with Gasteiger partial charge < -0.3 is 14.6 Å². The molecule has 2 unspecified atom stereocenters. The third-order valence-corrected chi connectivity index (χ3v) is 4.34. The predicted molar refractivity (Wildman–Crippen MR) is 83.4 cm³/mol. The summed E-state index contributed by atoms with van der Waals surface area (Å²) in [6, 6.07) is 5.14. The van der Waals surface area contributed by atoms with Gasteiger partial charge in [0.2, 0.25) is 0 Å². The Balaban J connectivity index is 2.04. The van der Waals surface area contributed by atoms with E-state index in [9.17, 15) is 9.90 Å². The van der Waals surface area contributed by atoms with Crippen molar-refractivity contribution in [2.75, 3.05) is 18.7 Å². The van der Waals surface area contributed by atoms with Crippen molar-refractivity contribution in [3.8, 4) is 11.5 Å². The highest BCUT2D eigenvalue weighted by molar-refractivity contribution is 8.00. The van der Waals surface area contributed by atoms with E-state index in [1.807, 2.05) is 13.8 Å². The van der Waals surface area contributed by atoms with E-state index in [0.717, 1.165) is 5.56 Å². The van der Waals surface area contributed by atoms with Gasteiger partial charge in [-0.25, -0.2) is 4.79 Å². The molecule has 1 aromatic carbocycles. The molecule has 21 heavy (non-hydrogen) atoms. The van der Waals surface area contributed by atoms with Crippen molar-refractivity contribution in [3.05, 3.63) is 23.8 Å². The minimum atomic E-state index is -0.343. The topological polar surface area (TPSA) is 68.1 Å². The summed E-state index contributed by atoms with van der Waals surface area (Å²) in [5.41, 5.74) is 1.44. The minimum Gasteiger partial charge on any atom is -0.504 e. The SMILES string of the molecule is COc1cc(C(C)C(C)OC(=O)C2=NCSC2)ccc1O. The molecule has 1 aromatic rings. The lowest BCUT2D eigenvalue weighted by molar-refractivity contribution is -0.140. The molecule has 0 saturated carbocycles. The summed E-state index contributed by atoms with van der Waals surface area (Å²) in [6.45, 7) is 3.82. The number of esters is 1. The van der Waals surface area contributed by atoms with Crippen LogP contribution >= 0.6 is 11.8 Å². The van der Waals surface area contributed by atoms with Crippen molar-refractivity contribution < 1.29 is 19.4 Å². The van der Waals surface area contributed by atoms with Crippen molar-refractivity contribution in [1.29, 1.82) is 0 Å². The summed E-state index contributed by atoms with van der Waals surface area (Å²) in [5, 5.41) is 9.62. The summed E-state index contributed by atoms with van der Waals surface area (Å²) >= 11 is 1.60. The standard InChI is InChI=1S/C15H19NO4S/c1-9(11-4-5-13(17)14(6-11)19-3)10(2)20-15(18)12-7-21-8-16-12/h4-6,9-10,17H,7-8H2,1-3H3. The Morgan fingerprint density at radius 1 is 1.43 bits per heavy atom. The number of hydrogen-bond acceptors (Lipinski definition) is 6. The monoisotopic (exact) mass is 309 g/mol. The van der Waals surface area contributed by atoms with Gasteiger partial charge in [-0.3, -0.25) is 4.99 Å². The first-order chi connectivity index (χ1) is 10.0. The Bertz CT molecular complexity index is 559. The summed E-state index contributed by atoms with van der Waals surface area (Å²) in [4.78, 5) is 16.0. The summed E-state index contributed by atoms with van der Waals surface area (Å²) < 4.78 is 10.6. The second kappa shape index (κ2) is 6.85. The molecule has 0 aromatic heterocycles. The van der Waals surface area contributed by atoms with Crippen LogP contribution in [-0.2, 0) is 9.53 Å². The molecule has 0 saturated heterocycles. The van der Waals surface area contributed by atoms with Gasteiger partial charge >= 0.3 is 5.97 Å². The van der Waals surface area contributed by atoms with E-state index in [-0.39, 0.29) is 23.7 Å². The molecule has 5 nitrogen and oxygen atoms in total. The Morgan fingerprint density at radius 2 is 2.19 bits per heavy atom. The van der Waals surface area contributed by atoms with Gasteiger partial charge in [0.05, 0.1) is 13.0 Å². The average molecular weight is 309 g/mol. The first kappa shape index (κ1) is 15.7. The van der Waals surface area contributed by atoms with Crippen LogP contribution in [0, 0.1) is 0 Å². The smallest absolute Gasteiger partial charge is 0.353 e. The number of phenolic OH excluding ortho intramolecular Hbond substituents is 1. The van der Waals surface area contributed by atoms with Gasteiger partial charge in [0.15, 0.2) is 11.5 Å². The molecule has 1 N–H and O–H groups in total. The van der Waals surface area contributed by atoms with Gasteiger partial charge in [-0.2, -0.15) is 0 Å². The molecule has 6 heteroatoms. The van der Waals surface area contributed by atoms with Crippen LogP contribution in [0.15, 0.2) is 23.2 Å². The molecular weight excluding hydrogens is 290 g/mol. The fraction of sp³-hybridized carbons (Fsp3) is 0.467. The lowest BCUT2D eigenvalue weighted by atomic mass is 9.96. The van der Waals surface area contributed by atoms with Gasteiger partial charge in [-0.1, -0.05) is 13.0 Å². The maximum atomic E-state index is 11.9. The first-order valence-corrected chi connectivity index (χ1v) is 7.87. The van der Waals surface area contributed by atoms with E-state index in [1.54, 1.807) is 30.0 Å². The van der Waals surface area contributed by atoms with Crippen molar-refractivity contribution in [2.24, 2.45) is 4.99 Å². The largest absolute Gasteiger partial charge is 0.504 e. The predicted octanol–water partition coefficient (Wildman–Crippen LogP) is 2.58. The first-order valence-electron chi connectivity index (χ1n) is 6.72. The number of thioether (sulfide) groups is 1. The summed E-state index contributed by atoms with van der Waals surface area (Å²) in [7, 11) is 1.50. The number of ether oxygens (including phenoxy) is 2. The van der Waals surface area contributed by atoms with Gasteiger partial charge in [-0.15, -0.1) is 11.8 Å². The van der Waals surface area contributed by atoms with Gasteiger partial charge in [0.25, 0.3) is 0 Å². The van der Waals surface area contributed by atoms with Crippen LogP contribution in [-0.4, -0.2) is 41.6 Å². The molecule has 114 valence electrons. The molecule has 1 aliphatic heterocycles. The minimum absolute atomic E-state index is 0.0156. The molecule has 1 heterocycles. The van der Waals surface area contributed by atoms with Gasteiger partial charge in [0.1, 0.15) is 11.8 Å². The molecule has 0 spiro atoms. The molecule has 0 fully saturated rings. The number of rotatable bonds is 5. The lowest BCUT2D eigenvalue weighted by Crippen LogP contribution is -2.26. The highest BCUT2D eigenvalue weighted by atomic mass is 32.2. The van der Waals surface area contributed by atoms with E-state index >= 15 is 0 Å². The molecule has 1 aliphatic rings. The Morgan fingerprint density at radius 3 is 2.81 bits per heavy atom. The fourth-order valence-corrected chi connectivity index (χ4v) is 2.76. The zero-order valence-corrected chi connectivity index (χ0v) is 13.1. The number of nitrogens with zero attached hydrogens (tertiary/aromatic N) is 1. The van der Waals surface area contributed by atoms with Crippen LogP contribution in [0.2, 0.25) is 0 Å². The molecule has 2 rings (SSSR count). The molecule has 0 amide bonds. The number of aliphatic imine (C=N–C) groups is 1. The van der Waals surface area contributed by atoms with E-state index < -0.39 is 0 Å². The Hall–Kier alpha value is -1.69. The number of phenols is 1. The zero-order chi connectivity index (χ0) is 15.4. The lowest BCUT2D eigenvalue weighted by Gasteiger charge is -2.21. The number of methoxy groups -OCH3 is 1. The number of hydrogen-bond donors (Lipinski definition) is 1. The van der Waals surface area contributed by atoms with Crippen molar-refractivity contribution in [3.63, 3.8) is 0 Å². The van der Waals surface area contributed by atoms with E-state index in [1.165, 1.54) is 7.11 Å².